The Morgan fingerprint density at radius 3 is 2.35 bits per heavy atom. The van der Waals surface area contributed by atoms with Crippen molar-refractivity contribution in [2.24, 2.45) is 0 Å². The number of ether oxygens (including phenoxy) is 1. The maximum atomic E-state index is 12.7. The van der Waals surface area contributed by atoms with Gasteiger partial charge >= 0.3 is 0 Å². The highest BCUT2D eigenvalue weighted by molar-refractivity contribution is 8.23. The summed E-state index contributed by atoms with van der Waals surface area (Å²) in [6, 6.07) is 15.1. The fourth-order valence-electron chi connectivity index (χ4n) is 2.53. The van der Waals surface area contributed by atoms with Crippen LogP contribution < -0.4 is 10.1 Å². The van der Waals surface area contributed by atoms with Crippen molar-refractivity contribution in [3.8, 4) is 5.75 Å². The molecule has 1 aliphatic carbocycles. The van der Waals surface area contributed by atoms with Crippen molar-refractivity contribution in [2.45, 2.75) is 0 Å². The Kier molecular flexibility index (Phi) is 4.50. The number of methoxy groups -OCH3 is 1. The van der Waals surface area contributed by atoms with Crippen LogP contribution in [0.2, 0.25) is 0 Å². The molecule has 2 aromatic rings. The number of rotatable bonds is 4. The zero-order chi connectivity index (χ0) is 16.4. The monoisotopic (exact) mass is 341 g/mol. The molecule has 0 radical (unpaired) electrons. The van der Waals surface area contributed by atoms with Gasteiger partial charge < -0.3 is 10.1 Å². The number of benzene rings is 2. The predicted molar refractivity (Wildman–Crippen MR) is 100 cm³/mol. The summed E-state index contributed by atoms with van der Waals surface area (Å²) < 4.78 is 5.77. The van der Waals surface area contributed by atoms with Crippen LogP contribution in [0.3, 0.4) is 0 Å². The number of carbonyl (C=O) groups excluding carboxylic acids is 1. The van der Waals surface area contributed by atoms with Crippen LogP contribution in [0.1, 0.15) is 15.9 Å². The van der Waals surface area contributed by atoms with E-state index in [1.807, 2.05) is 54.8 Å². The zero-order valence-electron chi connectivity index (χ0n) is 12.8. The number of Topliss-reactive ketones (excluding diaryl/α,β-unsaturated/α-hetero) is 1. The number of ketones is 1. The lowest BCUT2D eigenvalue weighted by atomic mass is 10.1. The van der Waals surface area contributed by atoms with E-state index < -0.39 is 0 Å². The van der Waals surface area contributed by atoms with Crippen LogP contribution in [0.5, 0.6) is 5.75 Å². The van der Waals surface area contributed by atoms with Crippen molar-refractivity contribution in [1.82, 2.24) is 0 Å². The molecule has 0 saturated carbocycles. The first kappa shape index (κ1) is 15.8. The first-order chi connectivity index (χ1) is 11.2. The lowest BCUT2D eigenvalue weighted by molar-refractivity contribution is 0.104. The molecular weight excluding hydrogens is 326 g/mol. The molecule has 2 aromatic carbocycles. The van der Waals surface area contributed by atoms with Gasteiger partial charge in [-0.3, -0.25) is 4.79 Å². The SMILES string of the molecule is COc1ccc(NC2=C(C(=S)SC)C(=O)c3ccccc32)cc1. The van der Waals surface area contributed by atoms with Crippen LogP contribution in [0.25, 0.3) is 5.70 Å². The quantitative estimate of drug-likeness (QED) is 0.834. The van der Waals surface area contributed by atoms with E-state index in [9.17, 15) is 4.79 Å². The summed E-state index contributed by atoms with van der Waals surface area (Å²) in [6.45, 7) is 0. The molecule has 0 atom stereocenters. The van der Waals surface area contributed by atoms with Crippen molar-refractivity contribution in [1.29, 1.82) is 0 Å². The number of fused-ring (bicyclic) bond motifs is 1. The average Bonchev–Trinajstić information content (AvgIpc) is 2.87. The first-order valence-corrected chi connectivity index (χ1v) is 8.66. The average molecular weight is 341 g/mol. The third-order valence-corrected chi connectivity index (χ3v) is 4.95. The van der Waals surface area contributed by atoms with Crippen molar-refractivity contribution in [3.63, 3.8) is 0 Å². The molecule has 3 nitrogen and oxygen atoms in total. The number of nitrogens with one attached hydrogen (secondary N) is 1. The van der Waals surface area contributed by atoms with Crippen LogP contribution in [0, 0.1) is 0 Å². The number of hydrogen-bond acceptors (Lipinski definition) is 5. The van der Waals surface area contributed by atoms with Gasteiger partial charge in [0, 0.05) is 16.8 Å². The maximum absolute atomic E-state index is 12.7. The van der Waals surface area contributed by atoms with E-state index >= 15 is 0 Å². The second-order valence-electron chi connectivity index (χ2n) is 4.97. The fourth-order valence-corrected chi connectivity index (χ4v) is 3.12. The topological polar surface area (TPSA) is 38.3 Å². The van der Waals surface area contributed by atoms with E-state index in [-0.39, 0.29) is 5.78 Å². The van der Waals surface area contributed by atoms with Crippen molar-refractivity contribution in [3.05, 3.63) is 65.2 Å². The lowest BCUT2D eigenvalue weighted by Gasteiger charge is -2.11. The Morgan fingerprint density at radius 1 is 1.09 bits per heavy atom. The van der Waals surface area contributed by atoms with E-state index in [1.54, 1.807) is 7.11 Å². The van der Waals surface area contributed by atoms with Gasteiger partial charge in [0.2, 0.25) is 0 Å². The zero-order valence-corrected chi connectivity index (χ0v) is 14.4. The highest BCUT2D eigenvalue weighted by Crippen LogP contribution is 2.36. The number of thiocarbonyl (C=S) groups is 1. The van der Waals surface area contributed by atoms with Crippen LogP contribution >= 0.6 is 24.0 Å². The standard InChI is InChI=1S/C18H15NO2S2/c1-21-12-9-7-11(8-10-12)19-16-13-5-3-4-6-14(13)17(20)15(16)18(22)23-2/h3-10,19H,1-2H3. The summed E-state index contributed by atoms with van der Waals surface area (Å²) in [4.78, 5) is 12.7. The van der Waals surface area contributed by atoms with E-state index in [0.29, 0.717) is 15.3 Å². The Morgan fingerprint density at radius 2 is 1.74 bits per heavy atom. The van der Waals surface area contributed by atoms with Crippen molar-refractivity contribution >= 4 is 45.3 Å². The summed E-state index contributed by atoms with van der Waals surface area (Å²) in [5.41, 5.74) is 3.81. The van der Waals surface area contributed by atoms with E-state index in [4.69, 9.17) is 17.0 Å². The van der Waals surface area contributed by atoms with E-state index in [0.717, 1.165) is 22.7 Å². The maximum Gasteiger partial charge on any atom is 0.197 e. The Labute approximate surface area is 144 Å². The molecule has 0 saturated heterocycles. The van der Waals surface area contributed by atoms with Gasteiger partial charge in [-0.15, -0.1) is 11.8 Å². The molecule has 0 bridgehead atoms. The molecule has 1 N–H and O–H groups in total. The number of thioether (sulfide) groups is 1. The molecule has 0 spiro atoms. The molecule has 0 unspecified atom stereocenters. The summed E-state index contributed by atoms with van der Waals surface area (Å²) >= 11 is 6.81. The molecule has 3 rings (SSSR count). The smallest absolute Gasteiger partial charge is 0.197 e. The van der Waals surface area contributed by atoms with Gasteiger partial charge in [0.05, 0.1) is 22.6 Å². The second kappa shape index (κ2) is 6.56. The Bertz CT molecular complexity index is 810. The largest absolute Gasteiger partial charge is 0.497 e. The number of anilines is 1. The van der Waals surface area contributed by atoms with Gasteiger partial charge in [-0.05, 0) is 30.5 Å². The Hall–Kier alpha value is -2.11. The summed E-state index contributed by atoms with van der Waals surface area (Å²) in [7, 11) is 1.63. The lowest BCUT2D eigenvalue weighted by Crippen LogP contribution is -2.07. The number of carbonyl (C=O) groups is 1. The van der Waals surface area contributed by atoms with Crippen molar-refractivity contribution in [2.75, 3.05) is 18.7 Å². The van der Waals surface area contributed by atoms with E-state index in [2.05, 4.69) is 5.32 Å². The molecular formula is C18H15NO2S2. The highest BCUT2D eigenvalue weighted by atomic mass is 32.2. The minimum atomic E-state index is -0.0176. The highest BCUT2D eigenvalue weighted by Gasteiger charge is 2.31. The van der Waals surface area contributed by atoms with Gasteiger partial charge in [0.1, 0.15) is 5.75 Å². The second-order valence-corrected chi connectivity index (χ2v) is 6.45. The predicted octanol–water partition coefficient (Wildman–Crippen LogP) is 4.41. The van der Waals surface area contributed by atoms with Crippen LogP contribution in [0.15, 0.2) is 54.1 Å². The molecule has 0 aliphatic heterocycles. The van der Waals surface area contributed by atoms with E-state index in [1.165, 1.54) is 11.8 Å². The van der Waals surface area contributed by atoms with Gasteiger partial charge in [0.15, 0.2) is 5.78 Å². The first-order valence-electron chi connectivity index (χ1n) is 7.03. The van der Waals surface area contributed by atoms with Gasteiger partial charge in [-0.25, -0.2) is 0 Å². The fraction of sp³-hybridized carbons (Fsp3) is 0.111. The third-order valence-electron chi connectivity index (χ3n) is 3.67. The molecule has 116 valence electrons. The Balaban J connectivity index is 2.05. The summed E-state index contributed by atoms with van der Waals surface area (Å²) in [6.07, 6.45) is 1.89. The van der Waals surface area contributed by atoms with Crippen LogP contribution in [-0.4, -0.2) is 23.3 Å². The normalized spacial score (nSPS) is 13.0. The third kappa shape index (κ3) is 2.90. The minimum Gasteiger partial charge on any atom is -0.497 e. The van der Waals surface area contributed by atoms with Crippen LogP contribution in [0.4, 0.5) is 5.69 Å². The minimum absolute atomic E-state index is 0.0176. The van der Waals surface area contributed by atoms with Gasteiger partial charge in [-0.2, -0.15) is 0 Å². The molecule has 0 amide bonds. The molecule has 0 aromatic heterocycles. The summed E-state index contributed by atoms with van der Waals surface area (Å²) in [5.74, 6) is 0.767. The number of hydrogen-bond donors (Lipinski definition) is 1. The van der Waals surface area contributed by atoms with Gasteiger partial charge in [0.25, 0.3) is 0 Å². The molecule has 0 heterocycles. The molecule has 5 heteroatoms. The van der Waals surface area contributed by atoms with Crippen molar-refractivity contribution < 1.29 is 9.53 Å². The molecule has 23 heavy (non-hydrogen) atoms. The summed E-state index contributed by atoms with van der Waals surface area (Å²) in [5, 5.41) is 3.35. The molecule has 1 aliphatic rings. The van der Waals surface area contributed by atoms with Crippen LogP contribution in [-0.2, 0) is 0 Å². The molecule has 0 fully saturated rings. The van der Waals surface area contributed by atoms with Gasteiger partial charge in [-0.1, -0.05) is 36.5 Å².